The molecular formula is C35H34Cl2F3N7OSi. The maximum absolute atomic E-state index is 14.0. The van der Waals surface area contributed by atoms with Crippen molar-refractivity contribution in [2.75, 3.05) is 29.9 Å². The Bertz CT molecular complexity index is 2030. The first-order valence-electron chi connectivity index (χ1n) is 15.9. The number of H-pyrrole nitrogens is 1. The van der Waals surface area contributed by atoms with Gasteiger partial charge in [-0.2, -0.15) is 13.2 Å². The minimum Gasteiger partial charge on any atom is -0.407 e. The third-order valence-corrected chi connectivity index (χ3v) is 14.7. The molecule has 1 saturated heterocycles. The predicted molar refractivity (Wildman–Crippen MR) is 191 cm³/mol. The van der Waals surface area contributed by atoms with Crippen LogP contribution in [0.2, 0.25) is 15.1 Å². The van der Waals surface area contributed by atoms with Crippen LogP contribution in [-0.2, 0) is 17.1 Å². The maximum Gasteiger partial charge on any atom is 0.435 e. The summed E-state index contributed by atoms with van der Waals surface area (Å²) in [7, 11) is -2.73. The fourth-order valence-corrected chi connectivity index (χ4v) is 11.6. The SMILES string of the molecule is CC(C)(C)[Si](OCC1CN(c2cc(NCc3nc4cc(Cl)c(Cl)cc4[nH]3)c3ncc(C(F)(F)F)n3n2)C1)(c1ccccc1)c1ccccc1. The summed E-state index contributed by atoms with van der Waals surface area (Å²) in [6.07, 6.45) is -3.83. The molecule has 7 rings (SSSR count). The third kappa shape index (κ3) is 6.27. The summed E-state index contributed by atoms with van der Waals surface area (Å²) in [5, 5.41) is 10.6. The Morgan fingerprint density at radius 2 is 1.57 bits per heavy atom. The molecule has 14 heteroatoms. The lowest BCUT2D eigenvalue weighted by Gasteiger charge is -2.46. The minimum absolute atomic E-state index is 0.0605. The number of alkyl halides is 3. The molecule has 0 radical (unpaired) electrons. The van der Waals surface area contributed by atoms with Gasteiger partial charge in [-0.3, -0.25) is 0 Å². The molecule has 8 nitrogen and oxygen atoms in total. The van der Waals surface area contributed by atoms with Gasteiger partial charge in [-0.1, -0.05) is 105 Å². The Labute approximate surface area is 292 Å². The van der Waals surface area contributed by atoms with Gasteiger partial charge in [-0.25, -0.2) is 14.5 Å². The lowest BCUT2D eigenvalue weighted by molar-refractivity contribution is -0.142. The number of fused-ring (bicyclic) bond motifs is 2. The van der Waals surface area contributed by atoms with Gasteiger partial charge in [0.15, 0.2) is 17.2 Å². The van der Waals surface area contributed by atoms with Gasteiger partial charge in [0, 0.05) is 31.7 Å². The molecule has 1 aliphatic rings. The summed E-state index contributed by atoms with van der Waals surface area (Å²) in [6.45, 7) is 8.56. The van der Waals surface area contributed by atoms with Crippen molar-refractivity contribution in [3.8, 4) is 0 Å². The Morgan fingerprint density at radius 1 is 0.939 bits per heavy atom. The van der Waals surface area contributed by atoms with Crippen molar-refractivity contribution in [3.63, 3.8) is 0 Å². The highest BCUT2D eigenvalue weighted by atomic mass is 35.5. The quantitative estimate of drug-likeness (QED) is 0.150. The van der Waals surface area contributed by atoms with E-state index in [2.05, 4.69) is 94.7 Å². The Kier molecular flexibility index (Phi) is 8.62. The van der Waals surface area contributed by atoms with Crippen LogP contribution in [0.1, 0.15) is 32.3 Å². The van der Waals surface area contributed by atoms with Crippen LogP contribution >= 0.6 is 23.2 Å². The Morgan fingerprint density at radius 3 is 2.18 bits per heavy atom. The molecule has 0 saturated carbocycles. The van der Waals surface area contributed by atoms with E-state index in [9.17, 15) is 13.2 Å². The van der Waals surface area contributed by atoms with Gasteiger partial charge in [0.05, 0.1) is 39.5 Å². The summed E-state index contributed by atoms with van der Waals surface area (Å²) in [5.74, 6) is 1.12. The minimum atomic E-state index is -4.64. The topological polar surface area (TPSA) is 83.4 Å². The van der Waals surface area contributed by atoms with Crippen molar-refractivity contribution >= 4 is 70.1 Å². The molecule has 2 N–H and O–H groups in total. The number of nitrogens with zero attached hydrogens (tertiary/aromatic N) is 5. The number of anilines is 2. The maximum atomic E-state index is 14.0. The van der Waals surface area contributed by atoms with E-state index in [-0.39, 0.29) is 23.1 Å². The standard InChI is InChI=1S/C35H34Cl2F3N7OSi/c1-34(2,3)49(23-10-6-4-7-11-23,24-12-8-5-9-13-24)48-21-22-19-46(20-22)32-16-29(33-42-17-30(35(38,39)40)47(33)45-32)41-18-31-43-27-14-25(36)26(37)15-28(27)44-31/h4-17,22,41H,18-21H2,1-3H3,(H,43,44). The summed E-state index contributed by atoms with van der Waals surface area (Å²) < 4.78 is 50.0. The second kappa shape index (κ2) is 12.7. The zero-order valence-electron chi connectivity index (χ0n) is 27.0. The van der Waals surface area contributed by atoms with Gasteiger partial charge in [0.25, 0.3) is 8.32 Å². The summed E-state index contributed by atoms with van der Waals surface area (Å²) >= 11 is 12.3. The van der Waals surface area contributed by atoms with Gasteiger partial charge < -0.3 is 19.6 Å². The number of rotatable bonds is 9. The first-order chi connectivity index (χ1) is 23.3. The summed E-state index contributed by atoms with van der Waals surface area (Å²) in [5.41, 5.74) is 0.819. The van der Waals surface area contributed by atoms with Gasteiger partial charge in [-0.05, 0) is 27.5 Å². The molecule has 0 spiro atoms. The van der Waals surface area contributed by atoms with Crippen LogP contribution in [0.5, 0.6) is 0 Å². The van der Waals surface area contributed by atoms with E-state index in [1.807, 2.05) is 17.0 Å². The smallest absolute Gasteiger partial charge is 0.407 e. The molecule has 4 heterocycles. The van der Waals surface area contributed by atoms with Crippen LogP contribution in [0.4, 0.5) is 24.7 Å². The number of aromatic amines is 1. The molecule has 0 aliphatic carbocycles. The van der Waals surface area contributed by atoms with Crippen molar-refractivity contribution in [2.45, 2.75) is 38.5 Å². The predicted octanol–water partition coefficient (Wildman–Crippen LogP) is 7.56. The number of aromatic nitrogens is 5. The summed E-state index contributed by atoms with van der Waals surface area (Å²) in [6, 6.07) is 25.9. The highest BCUT2D eigenvalue weighted by molar-refractivity contribution is 6.99. The average Bonchev–Trinajstić information content (AvgIpc) is 3.65. The lowest BCUT2D eigenvalue weighted by Crippen LogP contribution is -2.67. The van der Waals surface area contributed by atoms with E-state index in [0.29, 0.717) is 58.1 Å². The highest BCUT2D eigenvalue weighted by Crippen LogP contribution is 2.38. The van der Waals surface area contributed by atoms with Crippen LogP contribution in [0.15, 0.2) is 85.1 Å². The fourth-order valence-electron chi connectivity index (χ4n) is 6.62. The number of benzene rings is 3. The number of nitrogens with one attached hydrogen (secondary N) is 2. The van der Waals surface area contributed by atoms with Crippen molar-refractivity contribution in [1.29, 1.82) is 0 Å². The molecule has 1 fully saturated rings. The average molecular weight is 725 g/mol. The van der Waals surface area contributed by atoms with E-state index in [1.165, 1.54) is 10.4 Å². The first-order valence-corrected chi connectivity index (χ1v) is 18.5. The normalized spacial score (nSPS) is 14.5. The number of imidazole rings is 2. The fraction of sp³-hybridized carbons (Fsp3) is 0.286. The van der Waals surface area contributed by atoms with Crippen LogP contribution in [0.3, 0.4) is 0 Å². The van der Waals surface area contributed by atoms with Gasteiger partial charge in [0.1, 0.15) is 5.82 Å². The van der Waals surface area contributed by atoms with E-state index >= 15 is 0 Å². The molecule has 6 aromatic rings. The molecule has 3 aromatic carbocycles. The van der Waals surface area contributed by atoms with Gasteiger partial charge in [-0.15, -0.1) is 5.10 Å². The second-order valence-electron chi connectivity index (χ2n) is 13.4. The van der Waals surface area contributed by atoms with Crippen molar-refractivity contribution in [3.05, 3.63) is 107 Å². The molecule has 49 heavy (non-hydrogen) atoms. The van der Waals surface area contributed by atoms with Crippen LogP contribution < -0.4 is 20.6 Å². The summed E-state index contributed by atoms with van der Waals surface area (Å²) in [4.78, 5) is 13.8. The molecule has 3 aromatic heterocycles. The Hall–Kier alpha value is -4.10. The molecule has 0 unspecified atom stereocenters. The van der Waals surface area contributed by atoms with Crippen LogP contribution in [0.25, 0.3) is 16.7 Å². The Balaban J connectivity index is 1.14. The number of hydrogen-bond acceptors (Lipinski definition) is 6. The molecule has 0 amide bonds. The van der Waals surface area contributed by atoms with Gasteiger partial charge in [0.2, 0.25) is 0 Å². The highest BCUT2D eigenvalue weighted by Gasteiger charge is 2.51. The zero-order valence-corrected chi connectivity index (χ0v) is 29.5. The zero-order chi connectivity index (χ0) is 34.6. The van der Waals surface area contributed by atoms with Crippen molar-refractivity contribution in [2.24, 2.45) is 5.92 Å². The molecule has 0 bridgehead atoms. The molecule has 1 aliphatic heterocycles. The largest absolute Gasteiger partial charge is 0.435 e. The van der Waals surface area contributed by atoms with Crippen LogP contribution in [0, 0.1) is 5.92 Å². The molecular weight excluding hydrogens is 690 g/mol. The molecule has 0 atom stereocenters. The number of halogens is 5. The first kappa shape index (κ1) is 33.4. The third-order valence-electron chi connectivity index (χ3n) is 9.00. The molecule has 254 valence electrons. The van der Waals surface area contributed by atoms with Crippen molar-refractivity contribution < 1.29 is 17.6 Å². The second-order valence-corrected chi connectivity index (χ2v) is 18.5. The van der Waals surface area contributed by atoms with E-state index in [4.69, 9.17) is 27.6 Å². The van der Waals surface area contributed by atoms with E-state index in [1.54, 1.807) is 18.2 Å². The van der Waals surface area contributed by atoms with Crippen molar-refractivity contribution in [1.82, 2.24) is 24.6 Å². The van der Waals surface area contributed by atoms with E-state index < -0.39 is 20.2 Å². The van der Waals surface area contributed by atoms with E-state index in [0.717, 1.165) is 10.7 Å². The monoisotopic (exact) mass is 723 g/mol. The lowest BCUT2D eigenvalue weighted by atomic mass is 10.0. The van der Waals surface area contributed by atoms with Gasteiger partial charge >= 0.3 is 6.18 Å². The van der Waals surface area contributed by atoms with Crippen LogP contribution in [-0.4, -0.2) is 52.6 Å². The number of hydrogen-bond donors (Lipinski definition) is 2.